The Morgan fingerprint density at radius 3 is 2.70 bits per heavy atom. The van der Waals surface area contributed by atoms with Gasteiger partial charge in [0.1, 0.15) is 23.7 Å². The van der Waals surface area contributed by atoms with Crippen molar-refractivity contribution in [2.45, 2.75) is 19.7 Å². The average Bonchev–Trinajstić information content (AvgIpc) is 2.58. The molecule has 23 heavy (non-hydrogen) atoms. The van der Waals surface area contributed by atoms with E-state index >= 15 is 0 Å². The van der Waals surface area contributed by atoms with Crippen LogP contribution < -0.4 is 16.5 Å². The van der Waals surface area contributed by atoms with Crippen molar-refractivity contribution in [1.82, 2.24) is 4.57 Å². The quantitative estimate of drug-likeness (QED) is 0.883. The van der Waals surface area contributed by atoms with Crippen LogP contribution in [0.25, 0.3) is 0 Å². The van der Waals surface area contributed by atoms with Crippen LogP contribution in [0.15, 0.2) is 41.4 Å². The summed E-state index contributed by atoms with van der Waals surface area (Å²) in [5, 5.41) is 12.8. The number of hydrogen-bond donors (Lipinski definition) is 2. The summed E-state index contributed by atoms with van der Waals surface area (Å²) in [6, 6.07) is 13.9. The predicted molar refractivity (Wildman–Crippen MR) is 90.3 cm³/mol. The summed E-state index contributed by atoms with van der Waals surface area (Å²) in [6.07, 6.45) is -0.364. The molecular weight excluding hydrogens is 290 g/mol. The Morgan fingerprint density at radius 2 is 2.09 bits per heavy atom. The zero-order chi connectivity index (χ0) is 16.8. The van der Waals surface area contributed by atoms with Crippen molar-refractivity contribution in [2.75, 3.05) is 18.2 Å². The monoisotopic (exact) mass is 311 g/mol. The number of ether oxygens (including phenoxy) is 1. The minimum atomic E-state index is -0.364. The lowest BCUT2D eigenvalue weighted by Gasteiger charge is -2.14. The number of rotatable bonds is 5. The fourth-order valence-electron chi connectivity index (χ4n) is 2.15. The summed E-state index contributed by atoms with van der Waals surface area (Å²) in [7, 11) is 3.35. The molecule has 0 saturated heterocycles. The second-order valence-electron chi connectivity index (χ2n) is 5.16. The topological polar surface area (TPSA) is 88.4 Å². The number of nitrogens with one attached hydrogen (secondary N) is 1. The lowest BCUT2D eigenvalue weighted by molar-refractivity contribution is 0.122. The van der Waals surface area contributed by atoms with Crippen LogP contribution in [0.3, 0.4) is 0 Å². The van der Waals surface area contributed by atoms with Crippen molar-refractivity contribution in [3.05, 3.63) is 53.0 Å². The van der Waals surface area contributed by atoms with Gasteiger partial charge in [0, 0.05) is 26.8 Å². The second-order valence-corrected chi connectivity index (χ2v) is 5.16. The van der Waals surface area contributed by atoms with E-state index in [0.29, 0.717) is 29.1 Å². The Morgan fingerprint density at radius 1 is 1.39 bits per heavy atom. The van der Waals surface area contributed by atoms with Crippen LogP contribution in [0, 0.1) is 11.3 Å². The molecule has 120 valence electrons. The molecule has 2 aromatic rings. The summed E-state index contributed by atoms with van der Waals surface area (Å²) in [5.74, 6) is 0.515. The SMILES string of the molecule is COC(C)N=c1c(C#N)c(NCc2ccccc2)cc(N)n1C. The van der Waals surface area contributed by atoms with E-state index in [1.165, 1.54) is 0 Å². The van der Waals surface area contributed by atoms with Gasteiger partial charge in [0.25, 0.3) is 0 Å². The first kappa shape index (κ1) is 16.6. The maximum atomic E-state index is 9.55. The summed E-state index contributed by atoms with van der Waals surface area (Å²) >= 11 is 0. The molecule has 6 heteroatoms. The first-order valence-electron chi connectivity index (χ1n) is 7.30. The highest BCUT2D eigenvalue weighted by molar-refractivity contribution is 5.61. The molecule has 1 unspecified atom stereocenters. The molecule has 1 aromatic carbocycles. The molecule has 0 aliphatic carbocycles. The van der Waals surface area contributed by atoms with Gasteiger partial charge in [0.15, 0.2) is 5.49 Å². The average molecular weight is 311 g/mol. The summed E-state index contributed by atoms with van der Waals surface area (Å²) in [6.45, 7) is 2.41. The van der Waals surface area contributed by atoms with E-state index in [0.717, 1.165) is 5.56 Å². The Balaban J connectivity index is 2.44. The molecular formula is C17H21N5O. The molecule has 0 amide bonds. The van der Waals surface area contributed by atoms with Crippen LogP contribution in [0.2, 0.25) is 0 Å². The zero-order valence-electron chi connectivity index (χ0n) is 13.6. The van der Waals surface area contributed by atoms with Crippen molar-refractivity contribution in [3.63, 3.8) is 0 Å². The number of aromatic nitrogens is 1. The van der Waals surface area contributed by atoms with Crippen molar-refractivity contribution in [2.24, 2.45) is 12.0 Å². The fourth-order valence-corrected chi connectivity index (χ4v) is 2.15. The lowest BCUT2D eigenvalue weighted by atomic mass is 10.2. The number of hydrogen-bond acceptors (Lipinski definition) is 5. The maximum absolute atomic E-state index is 9.55. The van der Waals surface area contributed by atoms with Crippen LogP contribution in [0.1, 0.15) is 18.1 Å². The molecule has 0 bridgehead atoms. The van der Waals surface area contributed by atoms with Crippen LogP contribution in [0.4, 0.5) is 11.5 Å². The van der Waals surface area contributed by atoms with Crippen LogP contribution in [0.5, 0.6) is 0 Å². The zero-order valence-corrected chi connectivity index (χ0v) is 13.6. The van der Waals surface area contributed by atoms with Crippen LogP contribution in [-0.2, 0) is 18.3 Å². The van der Waals surface area contributed by atoms with E-state index in [9.17, 15) is 5.26 Å². The van der Waals surface area contributed by atoms with Gasteiger partial charge < -0.3 is 20.4 Å². The number of benzene rings is 1. The summed E-state index contributed by atoms with van der Waals surface area (Å²) < 4.78 is 6.85. The Labute approximate surface area is 135 Å². The predicted octanol–water partition coefficient (Wildman–Crippen LogP) is 1.98. The molecule has 6 nitrogen and oxygen atoms in total. The molecule has 0 radical (unpaired) electrons. The van der Waals surface area contributed by atoms with Crippen molar-refractivity contribution in [3.8, 4) is 6.07 Å². The first-order chi connectivity index (χ1) is 11.1. The minimum absolute atomic E-state index is 0.364. The third kappa shape index (κ3) is 3.90. The Hall–Kier alpha value is -2.78. The lowest BCUT2D eigenvalue weighted by Crippen LogP contribution is -2.27. The van der Waals surface area contributed by atoms with E-state index in [1.807, 2.05) is 30.3 Å². The standard InChI is InChI=1S/C17H21N5O/c1-12(23-3)21-17-14(10-18)15(9-16(19)22(17)2)20-11-13-7-5-4-6-8-13/h4-9,12,20H,11,19H2,1-3H3. The van der Waals surface area contributed by atoms with Gasteiger partial charge in [0.05, 0.1) is 5.69 Å². The number of nitrogen functional groups attached to an aromatic ring is 1. The minimum Gasteiger partial charge on any atom is -0.385 e. The van der Waals surface area contributed by atoms with Gasteiger partial charge >= 0.3 is 0 Å². The highest BCUT2D eigenvalue weighted by atomic mass is 16.5. The number of nitrogens with zero attached hydrogens (tertiary/aromatic N) is 3. The number of nitriles is 1. The van der Waals surface area contributed by atoms with Crippen molar-refractivity contribution >= 4 is 11.5 Å². The van der Waals surface area contributed by atoms with E-state index in [2.05, 4.69) is 16.4 Å². The number of anilines is 2. The molecule has 1 aromatic heterocycles. The van der Waals surface area contributed by atoms with Gasteiger partial charge in [-0.3, -0.25) is 0 Å². The van der Waals surface area contributed by atoms with Gasteiger partial charge in [0.2, 0.25) is 0 Å². The summed E-state index contributed by atoms with van der Waals surface area (Å²) in [5.41, 5.74) is 8.77. The van der Waals surface area contributed by atoms with Crippen LogP contribution in [-0.4, -0.2) is 17.9 Å². The molecule has 0 aliphatic rings. The van der Waals surface area contributed by atoms with Crippen molar-refractivity contribution in [1.29, 1.82) is 5.26 Å². The van der Waals surface area contributed by atoms with E-state index in [4.69, 9.17) is 10.5 Å². The fraction of sp³-hybridized carbons (Fsp3) is 0.294. The molecule has 2 rings (SSSR count). The molecule has 0 fully saturated rings. The highest BCUT2D eigenvalue weighted by Gasteiger charge is 2.11. The number of pyridine rings is 1. The molecule has 1 atom stereocenters. The van der Waals surface area contributed by atoms with Crippen LogP contribution >= 0.6 is 0 Å². The van der Waals surface area contributed by atoms with Gasteiger partial charge in [-0.25, -0.2) is 4.99 Å². The Kier molecular flexibility index (Phi) is 5.39. The Bertz CT molecular complexity index is 774. The third-order valence-corrected chi connectivity index (χ3v) is 3.57. The molecule has 0 aliphatic heterocycles. The molecule has 0 spiro atoms. The molecule has 0 saturated carbocycles. The van der Waals surface area contributed by atoms with Gasteiger partial charge in [-0.15, -0.1) is 0 Å². The number of methoxy groups -OCH3 is 1. The second kappa shape index (κ2) is 7.47. The highest BCUT2D eigenvalue weighted by Crippen LogP contribution is 2.16. The molecule has 3 N–H and O–H groups in total. The first-order valence-corrected chi connectivity index (χ1v) is 7.30. The molecule has 1 heterocycles. The summed E-state index contributed by atoms with van der Waals surface area (Å²) in [4.78, 5) is 4.42. The van der Waals surface area contributed by atoms with E-state index < -0.39 is 0 Å². The van der Waals surface area contributed by atoms with E-state index in [-0.39, 0.29) is 6.23 Å². The maximum Gasteiger partial charge on any atom is 0.151 e. The number of nitrogens with two attached hydrogens (primary N) is 1. The van der Waals surface area contributed by atoms with Gasteiger partial charge in [-0.1, -0.05) is 30.3 Å². The van der Waals surface area contributed by atoms with E-state index in [1.54, 1.807) is 31.7 Å². The van der Waals surface area contributed by atoms with Crippen molar-refractivity contribution < 1.29 is 4.74 Å². The normalized spacial score (nSPS) is 12.7. The van der Waals surface area contributed by atoms with Gasteiger partial charge in [-0.2, -0.15) is 5.26 Å². The van der Waals surface area contributed by atoms with Gasteiger partial charge in [-0.05, 0) is 12.5 Å². The third-order valence-electron chi connectivity index (χ3n) is 3.57. The smallest absolute Gasteiger partial charge is 0.151 e. The largest absolute Gasteiger partial charge is 0.385 e.